The molecule has 123 heavy (non-hydrogen) atoms. The summed E-state index contributed by atoms with van der Waals surface area (Å²) in [5.41, 5.74) is 5.07. The number of ketones is 1. The van der Waals surface area contributed by atoms with Crippen LogP contribution in [0.3, 0.4) is 0 Å². The minimum atomic E-state index is -0.105. The third-order valence-electron chi connectivity index (χ3n) is 23.2. The molecule has 0 unspecified atom stereocenters. The maximum atomic E-state index is 11.1. The van der Waals surface area contributed by atoms with Gasteiger partial charge in [0.2, 0.25) is 11.0 Å². The average Bonchev–Trinajstić information content (AvgIpc) is 0.871. The van der Waals surface area contributed by atoms with Crippen molar-refractivity contribution in [3.63, 3.8) is 0 Å². The molecule has 0 aliphatic carbocycles. The molecule has 0 saturated carbocycles. The number of cyclic esters (lactones) is 2. The summed E-state index contributed by atoms with van der Waals surface area (Å²) in [5.74, 6) is 2.50. The van der Waals surface area contributed by atoms with Crippen LogP contribution in [0.1, 0.15) is 310 Å². The predicted molar refractivity (Wildman–Crippen MR) is 519 cm³/mol. The van der Waals surface area contributed by atoms with E-state index in [-0.39, 0.29) is 45.5 Å². The molecule has 10 saturated heterocycles. The van der Waals surface area contributed by atoms with E-state index in [1.165, 1.54) is 101 Å². The molecule has 10 aliphatic rings. The highest BCUT2D eigenvalue weighted by atomic mass is 32.2. The number of carbonyl (C=O) groups excluding carboxylic acids is 5. The third kappa shape index (κ3) is 54.8. The molecule has 1 amide bonds. The molecule has 10 aliphatic heterocycles. The number of likely N-dealkylation sites (tertiary alicyclic amines) is 3. The van der Waals surface area contributed by atoms with Crippen molar-refractivity contribution in [3.05, 3.63) is 60.2 Å². The summed E-state index contributed by atoms with van der Waals surface area (Å²) in [6.45, 7) is 102. The van der Waals surface area contributed by atoms with Crippen molar-refractivity contribution in [1.82, 2.24) is 69.6 Å². The summed E-state index contributed by atoms with van der Waals surface area (Å²) in [4.78, 5) is 86.2. The van der Waals surface area contributed by atoms with Crippen LogP contribution in [-0.2, 0) is 42.9 Å². The van der Waals surface area contributed by atoms with E-state index in [0.29, 0.717) is 96.4 Å². The number of pyridine rings is 2. The Kier molecular flexibility index (Phi) is 54.3. The van der Waals surface area contributed by atoms with Crippen molar-refractivity contribution in [2.24, 2.45) is 0 Å². The number of thioether (sulfide) groups is 1. The van der Waals surface area contributed by atoms with E-state index in [9.17, 15) is 24.0 Å². The number of hydrogen-bond acceptors (Lipinski definition) is 23. The van der Waals surface area contributed by atoms with Gasteiger partial charge in [-0.25, -0.2) is 0 Å². The van der Waals surface area contributed by atoms with E-state index in [2.05, 4.69) is 311 Å². The Morgan fingerprint density at radius 2 is 0.650 bits per heavy atom. The molecule has 0 bridgehead atoms. The number of morpholine rings is 4. The monoisotopic (exact) mass is 1750 g/mol. The standard InChI is InChI=1S/C9H17NO.2C9H19N.C8H16N2O.C8H18N2.2C8H15NO2.C8H15NOS.2C8H17NO.2C8H11N/c1-9(2,3)10-6-4-5-8(11)7-10;2*1-9(2,3)10-7-5-4-6-8-10;1-8(2,3)10-5-4-9-7(11)6-10;1-8(2,3)10-6-4-9-5-7-10;3*1-8(2,3)9-4-5-11-7(10)6-9;2*1-8(2,3)9-4-6-10-7-5-9;1-7(2)8-3-5-9-6-4-8;1-7(2)8-4-3-5-9-6-8/h4-7H2,1-3H3;2*4-8H2,1-3H3;4-6H2,1-3H3,(H,9,11);9H,4-7H2,1-3H3;3*4-6H2,1-3H3;2*4-7H2,1-3H3;2*3-7H,1-2H3. The van der Waals surface area contributed by atoms with Crippen molar-refractivity contribution in [3.8, 4) is 0 Å². The maximum absolute atomic E-state index is 11.1. The summed E-state index contributed by atoms with van der Waals surface area (Å²) in [7, 11) is 0. The number of rotatable bonds is 2. The second-order valence-corrected chi connectivity index (χ2v) is 45.5. The van der Waals surface area contributed by atoms with E-state index in [1.54, 1.807) is 6.20 Å². The first-order valence-electron chi connectivity index (χ1n) is 47.1. The first-order chi connectivity index (χ1) is 56.6. The van der Waals surface area contributed by atoms with Gasteiger partial charge in [0.15, 0.2) is 0 Å². The van der Waals surface area contributed by atoms with Gasteiger partial charge in [-0.2, -0.15) is 0 Å². The number of Topliss-reactive ketones (excluding diaryl/α,β-unsaturated/α-hetero) is 1. The number of esters is 2. The van der Waals surface area contributed by atoms with E-state index < -0.39 is 0 Å². The van der Waals surface area contributed by atoms with Gasteiger partial charge in [0.25, 0.3) is 0 Å². The van der Waals surface area contributed by atoms with Gasteiger partial charge in [-0.05, 0) is 314 Å². The fourth-order valence-electron chi connectivity index (χ4n) is 14.4. The van der Waals surface area contributed by atoms with Gasteiger partial charge in [0.1, 0.15) is 19.0 Å². The van der Waals surface area contributed by atoms with E-state index in [1.807, 2.05) is 36.8 Å². The summed E-state index contributed by atoms with van der Waals surface area (Å²) in [5, 5.41) is 6.46. The van der Waals surface area contributed by atoms with Crippen molar-refractivity contribution in [2.75, 3.05) is 196 Å². The van der Waals surface area contributed by atoms with Crippen LogP contribution in [0.5, 0.6) is 0 Å². The highest BCUT2D eigenvalue weighted by Crippen LogP contribution is 2.25. The smallest absolute Gasteiger partial charge is 0.320 e. The van der Waals surface area contributed by atoms with Gasteiger partial charge in [0, 0.05) is 177 Å². The zero-order valence-electron chi connectivity index (χ0n) is 85.6. The lowest BCUT2D eigenvalue weighted by molar-refractivity contribution is -0.154. The molecule has 2 aromatic rings. The number of hydrogen-bond donors (Lipinski definition) is 2. The molecule has 10 fully saturated rings. The van der Waals surface area contributed by atoms with Crippen molar-refractivity contribution < 1.29 is 42.9 Å². The normalized spacial score (nSPS) is 20.6. The van der Waals surface area contributed by atoms with E-state index >= 15 is 0 Å². The van der Waals surface area contributed by atoms with Crippen molar-refractivity contribution in [2.45, 2.75) is 354 Å². The van der Waals surface area contributed by atoms with E-state index in [4.69, 9.17) is 18.9 Å². The first kappa shape index (κ1) is 117. The van der Waals surface area contributed by atoms with Crippen LogP contribution in [0.15, 0.2) is 49.1 Å². The minimum Gasteiger partial charge on any atom is -0.463 e. The summed E-state index contributed by atoms with van der Waals surface area (Å²) in [6, 6.07) is 8.16. The lowest BCUT2D eigenvalue weighted by Gasteiger charge is -2.38. The SMILES string of the molecule is CC(C)(C)N1CCCC(=O)C1.CC(C)(C)N1CCCCC1.CC(C)(C)N1CCCCC1.CC(C)(C)N1CCNC(=O)C1.CC(C)(C)N1CCNCC1.CC(C)(C)N1CCOC(=O)C1.CC(C)(C)N1CCOC(=O)C1.CC(C)(C)N1CCOCC1.CC(C)(C)N1CCOCC1.CC(C)(C)N1CCSC(=O)C1.CC(C)c1cccnc1.CC(C)c1ccncc1. The van der Waals surface area contributed by atoms with Crippen LogP contribution in [0.4, 0.5) is 0 Å². The number of piperidine rings is 3. The lowest BCUT2D eigenvalue weighted by atomic mass is 10.0. The highest BCUT2D eigenvalue weighted by Gasteiger charge is 2.33. The zero-order chi connectivity index (χ0) is 93.9. The molecule has 0 atom stereocenters. The Morgan fingerprint density at radius 3 is 0.902 bits per heavy atom. The largest absolute Gasteiger partial charge is 0.463 e. The fourth-order valence-corrected chi connectivity index (χ4v) is 15.2. The highest BCUT2D eigenvalue weighted by molar-refractivity contribution is 8.13. The van der Waals surface area contributed by atoms with Crippen LogP contribution in [0.25, 0.3) is 0 Å². The topological polar surface area (TPSA) is 205 Å². The Morgan fingerprint density at radius 1 is 0.325 bits per heavy atom. The van der Waals surface area contributed by atoms with Gasteiger partial charge >= 0.3 is 11.9 Å². The number of amides is 1. The summed E-state index contributed by atoms with van der Waals surface area (Å²) >= 11 is 1.46. The summed E-state index contributed by atoms with van der Waals surface area (Å²) in [6.07, 6.45) is 17.7. The first-order valence-corrected chi connectivity index (χ1v) is 48.0. The fraction of sp³-hybridized carbons (Fsp3) is 0.848. The molecular formula is C99H190N14O9S. The van der Waals surface area contributed by atoms with Crippen LogP contribution >= 0.6 is 11.8 Å². The quantitative estimate of drug-likeness (QED) is 0.268. The van der Waals surface area contributed by atoms with Gasteiger partial charge in [-0.1, -0.05) is 58.4 Å². The molecule has 12 heterocycles. The number of carbonyl (C=O) groups is 5. The Balaban J connectivity index is 0.000000671. The summed E-state index contributed by atoms with van der Waals surface area (Å²) < 4.78 is 20.2. The van der Waals surface area contributed by atoms with Gasteiger partial charge in [-0.3, -0.25) is 82.9 Å². The number of aromatic nitrogens is 2. The van der Waals surface area contributed by atoms with Crippen molar-refractivity contribution >= 4 is 40.5 Å². The van der Waals surface area contributed by atoms with Gasteiger partial charge in [0.05, 0.1) is 59.2 Å². The van der Waals surface area contributed by atoms with Crippen LogP contribution in [-0.4, -0.2) is 339 Å². The second kappa shape index (κ2) is 57.1. The molecule has 0 aromatic carbocycles. The Bertz CT molecular complexity index is 2700. The number of nitrogens with zero attached hydrogens (tertiary/aromatic N) is 12. The molecule has 716 valence electrons. The van der Waals surface area contributed by atoms with Gasteiger partial charge < -0.3 is 29.6 Å². The minimum absolute atomic E-state index is 0.0828. The van der Waals surface area contributed by atoms with Gasteiger partial charge in [-0.15, -0.1) is 0 Å². The van der Waals surface area contributed by atoms with Crippen LogP contribution < -0.4 is 10.6 Å². The third-order valence-corrected chi connectivity index (χ3v) is 24.0. The molecule has 24 heteroatoms. The van der Waals surface area contributed by atoms with Crippen LogP contribution in [0, 0.1) is 0 Å². The maximum Gasteiger partial charge on any atom is 0.320 e. The predicted octanol–water partition coefficient (Wildman–Crippen LogP) is 16.2. The number of ether oxygens (including phenoxy) is 4. The van der Waals surface area contributed by atoms with Crippen LogP contribution in [0.2, 0.25) is 0 Å². The number of piperazine rings is 2. The number of nitrogens with one attached hydrogen (secondary N) is 2. The van der Waals surface area contributed by atoms with Crippen molar-refractivity contribution in [1.29, 1.82) is 0 Å². The second-order valence-electron chi connectivity index (χ2n) is 44.4. The Labute approximate surface area is 758 Å². The molecule has 2 aromatic heterocycles. The molecule has 0 radical (unpaired) electrons. The lowest BCUT2D eigenvalue weighted by Crippen LogP contribution is -2.54. The molecular weight excluding hydrogens is 1560 g/mol. The average molecular weight is 1750 g/mol. The molecule has 2 N–H and O–H groups in total. The van der Waals surface area contributed by atoms with E-state index in [0.717, 1.165) is 124 Å². The Hall–Kier alpha value is -4.12. The zero-order valence-corrected chi connectivity index (χ0v) is 86.4. The molecule has 0 spiro atoms. The molecule has 23 nitrogen and oxygen atoms in total. The molecule has 12 rings (SSSR count).